The summed E-state index contributed by atoms with van der Waals surface area (Å²) in [6, 6.07) is 3.92. The van der Waals surface area contributed by atoms with E-state index in [-0.39, 0.29) is 5.56 Å². The molecule has 1 heterocycles. The summed E-state index contributed by atoms with van der Waals surface area (Å²) in [4.78, 5) is 0.995. The lowest BCUT2D eigenvalue weighted by Gasteiger charge is -2.14. The second-order valence-electron chi connectivity index (χ2n) is 4.13. The van der Waals surface area contributed by atoms with Gasteiger partial charge in [-0.1, -0.05) is 6.07 Å². The van der Waals surface area contributed by atoms with Gasteiger partial charge in [0.1, 0.15) is 11.6 Å². The monoisotopic (exact) mass is 331 g/mol. The molecule has 96 valence electrons. The van der Waals surface area contributed by atoms with Gasteiger partial charge in [0.2, 0.25) is 0 Å². The third-order valence-corrected chi connectivity index (χ3v) is 4.45. The molecule has 2 N–H and O–H groups in total. The zero-order chi connectivity index (χ0) is 13.3. The van der Waals surface area contributed by atoms with Crippen LogP contribution < -0.4 is 5.73 Å². The van der Waals surface area contributed by atoms with Crippen molar-refractivity contribution in [2.75, 3.05) is 0 Å². The molecule has 1 aromatic heterocycles. The lowest BCUT2D eigenvalue weighted by molar-refractivity contribution is 0.521. The summed E-state index contributed by atoms with van der Waals surface area (Å²) in [6.45, 7) is 1.60. The van der Waals surface area contributed by atoms with Crippen LogP contribution in [0.15, 0.2) is 28.1 Å². The highest BCUT2D eigenvalue weighted by Gasteiger charge is 2.19. The first-order valence-electron chi connectivity index (χ1n) is 5.42. The quantitative estimate of drug-likeness (QED) is 0.889. The fraction of sp³-hybridized carbons (Fsp3) is 0.231. The molecule has 1 atom stereocenters. The maximum atomic E-state index is 13.9. The molecular formula is C13H12BrF2NS. The first-order chi connectivity index (χ1) is 8.49. The normalized spacial score (nSPS) is 12.7. The van der Waals surface area contributed by atoms with Crippen LogP contribution in [-0.2, 0) is 6.42 Å². The van der Waals surface area contributed by atoms with Crippen molar-refractivity contribution in [3.8, 4) is 0 Å². The van der Waals surface area contributed by atoms with Crippen molar-refractivity contribution in [2.24, 2.45) is 5.73 Å². The van der Waals surface area contributed by atoms with Gasteiger partial charge in [-0.25, -0.2) is 8.78 Å². The van der Waals surface area contributed by atoms with E-state index >= 15 is 0 Å². The average molecular weight is 332 g/mol. The van der Waals surface area contributed by atoms with Gasteiger partial charge < -0.3 is 5.73 Å². The van der Waals surface area contributed by atoms with Crippen LogP contribution in [0, 0.1) is 18.6 Å². The highest BCUT2D eigenvalue weighted by molar-refractivity contribution is 9.10. The van der Waals surface area contributed by atoms with Gasteiger partial charge in [0.15, 0.2) is 0 Å². The van der Waals surface area contributed by atoms with Crippen molar-refractivity contribution < 1.29 is 8.78 Å². The largest absolute Gasteiger partial charge is 0.323 e. The first-order valence-corrected chi connectivity index (χ1v) is 7.09. The summed E-state index contributed by atoms with van der Waals surface area (Å²) in [7, 11) is 0. The Morgan fingerprint density at radius 1 is 1.39 bits per heavy atom. The maximum Gasteiger partial charge on any atom is 0.133 e. The van der Waals surface area contributed by atoms with Gasteiger partial charge in [0.25, 0.3) is 0 Å². The molecule has 0 aliphatic heterocycles. The molecule has 18 heavy (non-hydrogen) atoms. The number of rotatable bonds is 3. The summed E-state index contributed by atoms with van der Waals surface area (Å²) in [5, 5.41) is 1.92. The molecule has 2 rings (SSSR count). The molecule has 2 aromatic rings. The number of halogens is 3. The van der Waals surface area contributed by atoms with Crippen molar-refractivity contribution in [1.82, 2.24) is 0 Å². The Hall–Kier alpha value is -0.780. The first kappa shape index (κ1) is 13.6. The minimum atomic E-state index is -0.671. The third kappa shape index (κ3) is 2.79. The lowest BCUT2D eigenvalue weighted by Crippen LogP contribution is -2.17. The Morgan fingerprint density at radius 2 is 2.11 bits per heavy atom. The number of aryl methyl sites for hydroxylation is 1. The van der Waals surface area contributed by atoms with E-state index in [9.17, 15) is 8.78 Å². The molecule has 0 bridgehead atoms. The lowest BCUT2D eigenvalue weighted by atomic mass is 10.00. The van der Waals surface area contributed by atoms with E-state index < -0.39 is 17.7 Å². The van der Waals surface area contributed by atoms with Crippen LogP contribution in [0.5, 0.6) is 0 Å². The van der Waals surface area contributed by atoms with Crippen LogP contribution in [0.25, 0.3) is 0 Å². The van der Waals surface area contributed by atoms with E-state index in [2.05, 4.69) is 15.9 Å². The minimum Gasteiger partial charge on any atom is -0.323 e. The van der Waals surface area contributed by atoms with E-state index in [1.165, 1.54) is 23.5 Å². The number of hydrogen-bond acceptors (Lipinski definition) is 2. The molecule has 1 nitrogen and oxygen atoms in total. The fourth-order valence-electron chi connectivity index (χ4n) is 1.80. The highest BCUT2D eigenvalue weighted by Crippen LogP contribution is 2.28. The molecule has 5 heteroatoms. The molecule has 1 aromatic carbocycles. The summed E-state index contributed by atoms with van der Waals surface area (Å²) in [5.74, 6) is -1.13. The maximum absolute atomic E-state index is 13.9. The Labute approximate surface area is 117 Å². The highest BCUT2D eigenvalue weighted by atomic mass is 79.9. The van der Waals surface area contributed by atoms with Gasteiger partial charge in [-0.2, -0.15) is 0 Å². The van der Waals surface area contributed by atoms with Crippen molar-refractivity contribution >= 4 is 27.3 Å². The van der Waals surface area contributed by atoms with Gasteiger partial charge >= 0.3 is 0 Å². The van der Waals surface area contributed by atoms with Crippen molar-refractivity contribution in [3.63, 3.8) is 0 Å². The summed E-state index contributed by atoms with van der Waals surface area (Å²) in [6.07, 6.45) is 0.424. The molecular weight excluding hydrogens is 320 g/mol. The number of thiophene rings is 1. The van der Waals surface area contributed by atoms with E-state index in [0.29, 0.717) is 12.0 Å². The smallest absolute Gasteiger partial charge is 0.133 e. The van der Waals surface area contributed by atoms with Gasteiger partial charge in [0.05, 0.1) is 0 Å². The van der Waals surface area contributed by atoms with Gasteiger partial charge in [-0.05, 0) is 40.5 Å². The molecule has 0 aliphatic rings. The zero-order valence-electron chi connectivity index (χ0n) is 9.71. The van der Waals surface area contributed by atoms with E-state index in [1.807, 2.05) is 11.4 Å². The van der Waals surface area contributed by atoms with E-state index in [1.54, 1.807) is 6.92 Å². The topological polar surface area (TPSA) is 26.0 Å². The predicted octanol–water partition coefficient (Wildman–Crippen LogP) is 4.34. The van der Waals surface area contributed by atoms with Crippen molar-refractivity contribution in [3.05, 3.63) is 55.7 Å². The second kappa shape index (κ2) is 5.47. The minimum absolute atomic E-state index is 0.0282. The van der Waals surface area contributed by atoms with Crippen LogP contribution in [-0.4, -0.2) is 0 Å². The average Bonchev–Trinajstić information content (AvgIpc) is 2.70. The standard InChI is InChI=1S/C13H12BrF2NS/c1-7-2-3-10(15)12(13(7)16)11(17)5-9-4-8(14)6-18-9/h2-4,6,11H,5,17H2,1H3. The molecule has 0 saturated carbocycles. The fourth-order valence-corrected chi connectivity index (χ4v) is 3.31. The van der Waals surface area contributed by atoms with Gasteiger partial charge in [-0.15, -0.1) is 11.3 Å². The molecule has 0 spiro atoms. The summed E-state index contributed by atoms with van der Waals surface area (Å²) >= 11 is 4.86. The predicted molar refractivity (Wildman–Crippen MR) is 73.7 cm³/mol. The summed E-state index contributed by atoms with van der Waals surface area (Å²) < 4.78 is 28.5. The Bertz CT molecular complexity index is 568. The number of benzene rings is 1. The van der Waals surface area contributed by atoms with Crippen LogP contribution in [0.1, 0.15) is 22.0 Å². The van der Waals surface area contributed by atoms with Gasteiger partial charge in [-0.3, -0.25) is 0 Å². The van der Waals surface area contributed by atoms with E-state index in [0.717, 1.165) is 9.35 Å². The molecule has 0 saturated heterocycles. The molecule has 0 amide bonds. The molecule has 0 radical (unpaired) electrons. The second-order valence-corrected chi connectivity index (χ2v) is 6.05. The SMILES string of the molecule is Cc1ccc(F)c(C(N)Cc2cc(Br)cs2)c1F. The Morgan fingerprint density at radius 3 is 2.72 bits per heavy atom. The van der Waals surface area contributed by atoms with Gasteiger partial charge in [0, 0.05) is 32.8 Å². The van der Waals surface area contributed by atoms with Crippen LogP contribution in [0.2, 0.25) is 0 Å². The van der Waals surface area contributed by atoms with Crippen LogP contribution >= 0.6 is 27.3 Å². The molecule has 1 unspecified atom stereocenters. The van der Waals surface area contributed by atoms with E-state index in [4.69, 9.17) is 5.73 Å². The van der Waals surface area contributed by atoms with Crippen molar-refractivity contribution in [1.29, 1.82) is 0 Å². The van der Waals surface area contributed by atoms with Crippen LogP contribution in [0.4, 0.5) is 8.78 Å². The molecule has 0 fully saturated rings. The summed E-state index contributed by atoms with van der Waals surface area (Å²) in [5.41, 5.74) is 6.30. The Kier molecular flexibility index (Phi) is 4.14. The Balaban J connectivity index is 2.28. The van der Waals surface area contributed by atoms with Crippen molar-refractivity contribution in [2.45, 2.75) is 19.4 Å². The number of nitrogens with two attached hydrogens (primary N) is 1. The molecule has 0 aliphatic carbocycles. The number of hydrogen-bond donors (Lipinski definition) is 1. The third-order valence-electron chi connectivity index (χ3n) is 2.73. The van der Waals surface area contributed by atoms with Crippen LogP contribution in [0.3, 0.4) is 0 Å². The zero-order valence-corrected chi connectivity index (χ0v) is 12.1.